The van der Waals surface area contributed by atoms with Gasteiger partial charge in [-0.25, -0.2) is 9.78 Å². The van der Waals surface area contributed by atoms with Crippen molar-refractivity contribution in [3.8, 4) is 46.1 Å². The number of alkyl halides is 3. The van der Waals surface area contributed by atoms with Gasteiger partial charge in [-0.05, 0) is 54.6 Å². The van der Waals surface area contributed by atoms with Crippen LogP contribution in [0.25, 0.3) is 22.8 Å². The van der Waals surface area contributed by atoms with Gasteiger partial charge in [-0.1, -0.05) is 36.1 Å². The topological polar surface area (TPSA) is 90.0 Å². The molecule has 5 aromatic rings. The Hall–Kier alpha value is -5.14. The van der Waals surface area contributed by atoms with Gasteiger partial charge in [0, 0.05) is 29.0 Å². The zero-order chi connectivity index (χ0) is 28.8. The van der Waals surface area contributed by atoms with Crippen molar-refractivity contribution in [3.05, 3.63) is 124 Å². The molecule has 0 saturated carbocycles. The van der Waals surface area contributed by atoms with E-state index < -0.39 is 23.0 Å². The number of H-pyrrole nitrogens is 1. The Morgan fingerprint density at radius 2 is 1.60 bits per heavy atom. The molecule has 0 unspecified atom stereocenters. The standard InChI is InChI=1S/C31H21F3N4O3.ClH/c1-40-24-16-17-35-23(18-24)19-41-26-9-5-8-25(31(32,33)34)27(26)29-36-28(37-30(39)38-29)22-14-12-21(13-15-22)11-10-20-6-3-2-4-7-20;/h2-9,12-18H,19H2,1H3,(H,36,37,38,39);1H. The molecule has 2 aromatic heterocycles. The molecular formula is C31H22ClF3N4O3. The molecule has 42 heavy (non-hydrogen) atoms. The van der Waals surface area contributed by atoms with Crippen molar-refractivity contribution in [3.63, 3.8) is 0 Å². The minimum absolute atomic E-state index is 0. The molecule has 0 fully saturated rings. The number of hydrogen-bond acceptors (Lipinski definition) is 6. The molecule has 0 aliphatic carbocycles. The summed E-state index contributed by atoms with van der Waals surface area (Å²) in [4.78, 5) is 27.2. The van der Waals surface area contributed by atoms with E-state index in [2.05, 4.69) is 31.8 Å². The maximum absolute atomic E-state index is 14.1. The Morgan fingerprint density at radius 1 is 0.881 bits per heavy atom. The summed E-state index contributed by atoms with van der Waals surface area (Å²) in [5.41, 5.74) is 0.0922. The molecule has 5 rings (SSSR count). The third-order valence-electron chi connectivity index (χ3n) is 5.89. The number of aromatic amines is 1. The van der Waals surface area contributed by atoms with Crippen LogP contribution < -0.4 is 15.2 Å². The fourth-order valence-electron chi connectivity index (χ4n) is 3.95. The lowest BCUT2D eigenvalue weighted by Gasteiger charge is -2.17. The minimum atomic E-state index is -4.76. The van der Waals surface area contributed by atoms with E-state index in [1.807, 2.05) is 30.3 Å². The van der Waals surface area contributed by atoms with E-state index in [1.54, 1.807) is 36.4 Å². The Balaban J connectivity index is 0.00000405. The summed E-state index contributed by atoms with van der Waals surface area (Å²) >= 11 is 0. The van der Waals surface area contributed by atoms with E-state index in [9.17, 15) is 18.0 Å². The average molecular weight is 591 g/mol. The van der Waals surface area contributed by atoms with Gasteiger partial charge >= 0.3 is 11.9 Å². The molecule has 7 nitrogen and oxygen atoms in total. The molecule has 212 valence electrons. The van der Waals surface area contributed by atoms with Gasteiger partial charge in [0.25, 0.3) is 0 Å². The maximum Gasteiger partial charge on any atom is 0.417 e. The molecule has 0 atom stereocenters. The van der Waals surface area contributed by atoms with Crippen molar-refractivity contribution in [1.29, 1.82) is 0 Å². The number of halogens is 4. The molecule has 0 radical (unpaired) electrons. The summed E-state index contributed by atoms with van der Waals surface area (Å²) in [6, 6.07) is 22.9. The molecule has 11 heteroatoms. The second-order valence-corrected chi connectivity index (χ2v) is 8.67. The van der Waals surface area contributed by atoms with Gasteiger partial charge in [0.1, 0.15) is 23.9 Å². The Labute approximate surface area is 244 Å². The van der Waals surface area contributed by atoms with Gasteiger partial charge in [0.2, 0.25) is 0 Å². The number of hydrogen-bond donors (Lipinski definition) is 1. The van der Waals surface area contributed by atoms with Crippen molar-refractivity contribution in [1.82, 2.24) is 19.9 Å². The zero-order valence-electron chi connectivity index (χ0n) is 22.0. The summed E-state index contributed by atoms with van der Waals surface area (Å²) in [5.74, 6) is 6.08. The summed E-state index contributed by atoms with van der Waals surface area (Å²) in [7, 11) is 1.49. The second kappa shape index (κ2) is 13.0. The van der Waals surface area contributed by atoms with Crippen LogP contribution in [0.2, 0.25) is 0 Å². The number of aromatic nitrogens is 4. The van der Waals surface area contributed by atoms with Crippen molar-refractivity contribution in [2.24, 2.45) is 0 Å². The molecule has 0 amide bonds. The van der Waals surface area contributed by atoms with Crippen LogP contribution in [0, 0.1) is 11.8 Å². The third kappa shape index (κ3) is 7.13. The highest BCUT2D eigenvalue weighted by molar-refractivity contribution is 5.85. The predicted molar refractivity (Wildman–Crippen MR) is 153 cm³/mol. The lowest BCUT2D eigenvalue weighted by atomic mass is 10.0. The van der Waals surface area contributed by atoms with E-state index in [4.69, 9.17) is 9.47 Å². The molecule has 0 bridgehead atoms. The molecule has 1 N–H and O–H groups in total. The molecule has 0 aliphatic heterocycles. The van der Waals surface area contributed by atoms with Crippen LogP contribution in [0.3, 0.4) is 0 Å². The number of benzene rings is 3. The molecule has 2 heterocycles. The highest BCUT2D eigenvalue weighted by Crippen LogP contribution is 2.41. The largest absolute Gasteiger partial charge is 0.497 e. The van der Waals surface area contributed by atoms with Gasteiger partial charge in [0.15, 0.2) is 5.82 Å². The van der Waals surface area contributed by atoms with Gasteiger partial charge in [-0.2, -0.15) is 18.2 Å². The van der Waals surface area contributed by atoms with Crippen LogP contribution in [0.4, 0.5) is 13.2 Å². The average Bonchev–Trinajstić information content (AvgIpc) is 2.99. The van der Waals surface area contributed by atoms with Gasteiger partial charge in [-0.3, -0.25) is 9.97 Å². The monoisotopic (exact) mass is 590 g/mol. The van der Waals surface area contributed by atoms with Crippen LogP contribution in [-0.4, -0.2) is 27.0 Å². The fourth-order valence-corrected chi connectivity index (χ4v) is 3.95. The number of methoxy groups -OCH3 is 1. The molecule has 0 aliphatic rings. The SMILES string of the molecule is COc1ccnc(COc2cccc(C(F)(F)F)c2-c2nc(-c3ccc(C#Cc4ccccc4)cc3)nc(=O)[nH]2)c1.Cl. The molecule has 3 aromatic carbocycles. The Morgan fingerprint density at radius 3 is 2.29 bits per heavy atom. The number of rotatable bonds is 6. The van der Waals surface area contributed by atoms with E-state index >= 15 is 0 Å². The van der Waals surface area contributed by atoms with Gasteiger partial charge in [-0.15, -0.1) is 12.4 Å². The van der Waals surface area contributed by atoms with Crippen molar-refractivity contribution in [2.75, 3.05) is 7.11 Å². The van der Waals surface area contributed by atoms with Crippen LogP contribution in [0.5, 0.6) is 11.5 Å². The Kier molecular flexibility index (Phi) is 9.25. The third-order valence-corrected chi connectivity index (χ3v) is 5.89. The van der Waals surface area contributed by atoms with Crippen molar-refractivity contribution < 1.29 is 22.6 Å². The maximum atomic E-state index is 14.1. The first-order chi connectivity index (χ1) is 19.8. The zero-order valence-corrected chi connectivity index (χ0v) is 22.8. The summed E-state index contributed by atoms with van der Waals surface area (Å²) in [5, 5.41) is 0. The van der Waals surface area contributed by atoms with Gasteiger partial charge in [0.05, 0.1) is 23.9 Å². The number of nitrogens with zero attached hydrogens (tertiary/aromatic N) is 3. The lowest BCUT2D eigenvalue weighted by Crippen LogP contribution is -2.17. The quantitative estimate of drug-likeness (QED) is 0.233. The van der Waals surface area contributed by atoms with E-state index in [0.717, 1.165) is 11.6 Å². The highest BCUT2D eigenvalue weighted by Gasteiger charge is 2.36. The van der Waals surface area contributed by atoms with E-state index in [1.165, 1.54) is 25.4 Å². The van der Waals surface area contributed by atoms with E-state index in [0.29, 0.717) is 22.6 Å². The molecular weight excluding hydrogens is 569 g/mol. The Bertz CT molecular complexity index is 1800. The highest BCUT2D eigenvalue weighted by atomic mass is 35.5. The number of nitrogens with one attached hydrogen (secondary N) is 1. The fraction of sp³-hybridized carbons (Fsp3) is 0.0968. The van der Waals surface area contributed by atoms with Gasteiger partial charge < -0.3 is 9.47 Å². The predicted octanol–water partition coefficient (Wildman–Crippen LogP) is 6.32. The first kappa shape index (κ1) is 29.8. The van der Waals surface area contributed by atoms with Crippen LogP contribution >= 0.6 is 12.4 Å². The van der Waals surface area contributed by atoms with Crippen LogP contribution in [-0.2, 0) is 12.8 Å². The van der Waals surface area contributed by atoms with E-state index in [-0.39, 0.29) is 36.4 Å². The van der Waals surface area contributed by atoms with Crippen molar-refractivity contribution >= 4 is 12.4 Å². The molecule has 0 spiro atoms. The summed E-state index contributed by atoms with van der Waals surface area (Å²) in [6.07, 6.45) is -3.26. The smallest absolute Gasteiger partial charge is 0.417 e. The second-order valence-electron chi connectivity index (χ2n) is 8.67. The number of pyridine rings is 1. The first-order valence-electron chi connectivity index (χ1n) is 12.3. The number of ether oxygens (including phenoxy) is 2. The lowest BCUT2D eigenvalue weighted by molar-refractivity contribution is -0.137. The van der Waals surface area contributed by atoms with Crippen molar-refractivity contribution in [2.45, 2.75) is 12.8 Å². The normalized spacial score (nSPS) is 10.7. The van der Waals surface area contributed by atoms with Crippen LogP contribution in [0.15, 0.2) is 95.9 Å². The summed E-state index contributed by atoms with van der Waals surface area (Å²) < 4.78 is 53.2. The minimum Gasteiger partial charge on any atom is -0.497 e. The van der Waals surface area contributed by atoms with Crippen LogP contribution in [0.1, 0.15) is 22.4 Å². The first-order valence-corrected chi connectivity index (χ1v) is 12.3. The summed E-state index contributed by atoms with van der Waals surface area (Å²) in [6.45, 7) is -0.154. The molecule has 0 saturated heterocycles.